The van der Waals surface area contributed by atoms with Crippen molar-refractivity contribution in [2.24, 2.45) is 0 Å². The Morgan fingerprint density at radius 3 is 2.86 bits per heavy atom. The number of sulfonamides is 1. The summed E-state index contributed by atoms with van der Waals surface area (Å²) in [6.45, 7) is -0.0563. The Labute approximate surface area is 126 Å². The van der Waals surface area contributed by atoms with Crippen molar-refractivity contribution in [1.82, 2.24) is 4.72 Å². The van der Waals surface area contributed by atoms with Gasteiger partial charge in [0.15, 0.2) is 0 Å². The third-order valence-corrected chi connectivity index (χ3v) is 5.49. The number of rotatable bonds is 3. The topological polar surface area (TPSA) is 84.5 Å². The zero-order chi connectivity index (χ0) is 15.3. The number of amides is 1. The van der Waals surface area contributed by atoms with E-state index in [2.05, 4.69) is 10.0 Å². The number of carbonyl (C=O) groups excluding carboxylic acids is 1. The molecule has 1 atom stereocenters. The Morgan fingerprint density at radius 2 is 2.14 bits per heavy atom. The van der Waals surface area contributed by atoms with E-state index >= 15 is 0 Å². The maximum atomic E-state index is 12.7. The molecule has 1 aliphatic heterocycles. The van der Waals surface area contributed by atoms with Gasteiger partial charge in [-0.2, -0.15) is 11.8 Å². The maximum Gasteiger partial charge on any atom is 0.411 e. The lowest BCUT2D eigenvalue weighted by molar-refractivity contribution is 0.154. The van der Waals surface area contributed by atoms with Crippen LogP contribution in [0.4, 0.5) is 14.9 Å². The molecule has 0 radical (unpaired) electrons. The first-order valence-electron chi connectivity index (χ1n) is 6.22. The first-order chi connectivity index (χ1) is 9.94. The van der Waals surface area contributed by atoms with E-state index in [1.807, 2.05) is 0 Å². The fraction of sp³-hybridized carbons (Fsp3) is 0.417. The molecule has 1 aromatic carbocycles. The summed E-state index contributed by atoms with van der Waals surface area (Å²) < 4.78 is 43.2. The van der Waals surface area contributed by atoms with E-state index in [0.717, 1.165) is 0 Å². The van der Waals surface area contributed by atoms with Gasteiger partial charge in [-0.15, -0.1) is 0 Å². The van der Waals surface area contributed by atoms with Crippen LogP contribution in [-0.2, 0) is 14.8 Å². The van der Waals surface area contributed by atoms with Gasteiger partial charge in [0, 0.05) is 17.2 Å². The molecule has 116 valence electrons. The Hall–Kier alpha value is -1.32. The molecule has 0 bridgehead atoms. The molecule has 21 heavy (non-hydrogen) atoms. The van der Waals surface area contributed by atoms with Gasteiger partial charge in [0.2, 0.25) is 10.0 Å². The summed E-state index contributed by atoms with van der Waals surface area (Å²) in [5.74, 6) is 0.728. The number of ether oxygens (including phenoxy) is 1. The molecule has 1 aromatic rings. The van der Waals surface area contributed by atoms with Crippen LogP contribution in [-0.4, -0.2) is 44.4 Å². The summed E-state index contributed by atoms with van der Waals surface area (Å²) in [5, 5.41) is 2.43. The minimum absolute atomic E-state index is 0.0563. The second kappa shape index (κ2) is 7.10. The third kappa shape index (κ3) is 5.52. The molecule has 2 rings (SSSR count). The Bertz CT molecular complexity index is 592. The van der Waals surface area contributed by atoms with Crippen LogP contribution in [0.3, 0.4) is 0 Å². The van der Waals surface area contributed by atoms with Crippen LogP contribution < -0.4 is 10.0 Å². The molecule has 0 aromatic heterocycles. The molecule has 1 fully saturated rings. The van der Waals surface area contributed by atoms with E-state index < -0.39 is 28.0 Å². The lowest BCUT2D eigenvalue weighted by Gasteiger charge is -2.15. The molecule has 1 unspecified atom stereocenters. The number of nitrogens with one attached hydrogen (secondary N) is 2. The molecule has 1 aliphatic rings. The van der Waals surface area contributed by atoms with Gasteiger partial charge in [0.25, 0.3) is 0 Å². The smallest absolute Gasteiger partial charge is 0.411 e. The van der Waals surface area contributed by atoms with Gasteiger partial charge < -0.3 is 4.74 Å². The van der Waals surface area contributed by atoms with Crippen LogP contribution in [0.25, 0.3) is 0 Å². The van der Waals surface area contributed by atoms with Crippen LogP contribution in [0.5, 0.6) is 0 Å². The van der Waals surface area contributed by atoms with Crippen LogP contribution in [0.2, 0.25) is 0 Å². The van der Waals surface area contributed by atoms with Crippen LogP contribution >= 0.6 is 11.8 Å². The number of anilines is 1. The number of hydrogen-bond donors (Lipinski definition) is 2. The number of thioether (sulfide) groups is 1. The first-order valence-corrected chi connectivity index (χ1v) is 9.02. The maximum absolute atomic E-state index is 12.7. The highest BCUT2D eigenvalue weighted by Crippen LogP contribution is 2.12. The van der Waals surface area contributed by atoms with E-state index in [4.69, 9.17) is 4.74 Å². The fourth-order valence-corrected chi connectivity index (χ4v) is 4.55. The number of halogens is 1. The highest BCUT2D eigenvalue weighted by atomic mass is 32.2. The quantitative estimate of drug-likeness (QED) is 0.873. The van der Waals surface area contributed by atoms with Crippen LogP contribution in [0.1, 0.15) is 0 Å². The summed E-state index contributed by atoms with van der Waals surface area (Å²) in [7, 11) is -3.30. The number of carbonyl (C=O) groups is 1. The Kier molecular flexibility index (Phi) is 5.43. The van der Waals surface area contributed by atoms with Crippen molar-refractivity contribution in [3.63, 3.8) is 0 Å². The molecule has 0 aliphatic carbocycles. The van der Waals surface area contributed by atoms with Crippen molar-refractivity contribution in [1.29, 1.82) is 0 Å². The van der Waals surface area contributed by atoms with Gasteiger partial charge in [-0.25, -0.2) is 22.3 Å². The molecular weight excluding hydrogens is 319 g/mol. The van der Waals surface area contributed by atoms with Crippen molar-refractivity contribution >= 4 is 33.6 Å². The standard InChI is InChI=1S/C12H15FN2O4S2/c13-9-1-3-10(4-2-9)14-12(16)19-7-11-8-20-5-6-21(17,18)15-11/h1-4,11,15H,5-8H2,(H,14,16). The van der Waals surface area contributed by atoms with Gasteiger partial charge in [0.05, 0.1) is 11.8 Å². The van der Waals surface area contributed by atoms with Crippen molar-refractivity contribution < 1.29 is 22.3 Å². The molecule has 1 heterocycles. The summed E-state index contributed by atoms with van der Waals surface area (Å²) >= 11 is 1.49. The van der Waals surface area contributed by atoms with Gasteiger partial charge in [0.1, 0.15) is 12.4 Å². The van der Waals surface area contributed by atoms with E-state index in [9.17, 15) is 17.6 Å². The SMILES string of the molecule is O=C(Nc1ccc(F)cc1)OCC1CSCCS(=O)(=O)N1. The summed E-state index contributed by atoms with van der Waals surface area (Å²) in [6.07, 6.45) is -0.713. The van der Waals surface area contributed by atoms with E-state index in [1.54, 1.807) is 0 Å². The summed E-state index contributed by atoms with van der Waals surface area (Å²) in [5.41, 5.74) is 0.400. The van der Waals surface area contributed by atoms with Gasteiger partial charge in [-0.1, -0.05) is 0 Å². The monoisotopic (exact) mass is 334 g/mol. The largest absolute Gasteiger partial charge is 0.448 e. The fourth-order valence-electron chi connectivity index (χ4n) is 1.69. The molecule has 6 nitrogen and oxygen atoms in total. The Morgan fingerprint density at radius 1 is 1.43 bits per heavy atom. The number of hydrogen-bond acceptors (Lipinski definition) is 5. The average molecular weight is 334 g/mol. The van der Waals surface area contributed by atoms with Crippen molar-refractivity contribution in [2.45, 2.75) is 6.04 Å². The van der Waals surface area contributed by atoms with Crippen molar-refractivity contribution in [2.75, 3.05) is 29.2 Å². The van der Waals surface area contributed by atoms with E-state index in [0.29, 0.717) is 17.2 Å². The normalized spacial score (nSPS) is 21.3. The highest BCUT2D eigenvalue weighted by molar-refractivity contribution is 8.00. The summed E-state index contributed by atoms with van der Waals surface area (Å²) in [6, 6.07) is 4.79. The minimum Gasteiger partial charge on any atom is -0.448 e. The molecule has 0 spiro atoms. The van der Waals surface area contributed by atoms with Gasteiger partial charge in [-0.3, -0.25) is 5.32 Å². The lowest BCUT2D eigenvalue weighted by atomic mass is 10.3. The number of benzene rings is 1. The predicted octanol–water partition coefficient (Wildman–Crippen LogP) is 1.41. The molecule has 1 amide bonds. The Balaban J connectivity index is 1.81. The molecule has 9 heteroatoms. The van der Waals surface area contributed by atoms with Gasteiger partial charge >= 0.3 is 6.09 Å². The predicted molar refractivity (Wildman–Crippen MR) is 79.4 cm³/mol. The molecule has 0 saturated carbocycles. The summed E-state index contributed by atoms with van der Waals surface area (Å²) in [4.78, 5) is 11.6. The average Bonchev–Trinajstić information content (AvgIpc) is 2.60. The minimum atomic E-state index is -3.30. The molecular formula is C12H15FN2O4S2. The zero-order valence-electron chi connectivity index (χ0n) is 11.0. The van der Waals surface area contributed by atoms with Crippen molar-refractivity contribution in [3.8, 4) is 0 Å². The van der Waals surface area contributed by atoms with Crippen LogP contribution in [0.15, 0.2) is 24.3 Å². The molecule has 1 saturated heterocycles. The van der Waals surface area contributed by atoms with Crippen molar-refractivity contribution in [3.05, 3.63) is 30.1 Å². The van der Waals surface area contributed by atoms with Crippen LogP contribution in [0, 0.1) is 5.82 Å². The second-order valence-electron chi connectivity index (χ2n) is 4.44. The third-order valence-electron chi connectivity index (χ3n) is 2.67. The highest BCUT2D eigenvalue weighted by Gasteiger charge is 2.23. The van der Waals surface area contributed by atoms with Gasteiger partial charge in [-0.05, 0) is 24.3 Å². The zero-order valence-corrected chi connectivity index (χ0v) is 12.7. The first kappa shape index (κ1) is 16.1. The van der Waals surface area contributed by atoms with E-state index in [1.165, 1.54) is 36.0 Å². The lowest BCUT2D eigenvalue weighted by Crippen LogP contribution is -2.40. The second-order valence-corrected chi connectivity index (χ2v) is 7.46. The molecule has 2 N–H and O–H groups in total. The van der Waals surface area contributed by atoms with E-state index in [-0.39, 0.29) is 12.4 Å².